The van der Waals surface area contributed by atoms with Gasteiger partial charge in [0, 0.05) is 42.0 Å². The smallest absolute Gasteiger partial charge is 0.240 e. The number of carbonyl (C=O) groups is 1. The number of halogens is 1. The maximum absolute atomic E-state index is 13.4. The van der Waals surface area contributed by atoms with Crippen LogP contribution in [-0.2, 0) is 14.8 Å². The zero-order chi connectivity index (χ0) is 21.9. The largest absolute Gasteiger partial charge is 0.351 e. The van der Waals surface area contributed by atoms with Crippen molar-refractivity contribution in [3.05, 3.63) is 52.7 Å². The number of nitrogens with one attached hydrogen (secondary N) is 1. The molecule has 2 aliphatic heterocycles. The molecule has 30 heavy (non-hydrogen) atoms. The van der Waals surface area contributed by atoms with Crippen LogP contribution in [0.4, 0.5) is 5.69 Å². The van der Waals surface area contributed by atoms with Crippen LogP contribution in [-0.4, -0.2) is 42.7 Å². The van der Waals surface area contributed by atoms with E-state index in [9.17, 15) is 13.2 Å². The van der Waals surface area contributed by atoms with Crippen LogP contribution in [0.1, 0.15) is 40.0 Å². The van der Waals surface area contributed by atoms with E-state index in [0.717, 1.165) is 0 Å². The van der Waals surface area contributed by atoms with Crippen molar-refractivity contribution >= 4 is 33.2 Å². The fourth-order valence-electron chi connectivity index (χ4n) is 3.75. The molecule has 1 saturated heterocycles. The number of amides is 1. The number of benzene rings is 1. The van der Waals surface area contributed by atoms with Crippen molar-refractivity contribution in [2.24, 2.45) is 11.8 Å². The lowest BCUT2D eigenvalue weighted by Gasteiger charge is -2.32. The van der Waals surface area contributed by atoms with Crippen molar-refractivity contribution in [1.29, 1.82) is 0 Å². The van der Waals surface area contributed by atoms with Crippen molar-refractivity contribution in [2.45, 2.75) is 46.1 Å². The molecule has 0 spiro atoms. The summed E-state index contributed by atoms with van der Waals surface area (Å²) < 4.78 is 28.3. The van der Waals surface area contributed by atoms with Gasteiger partial charge in [-0.3, -0.25) is 4.79 Å². The molecule has 0 saturated carbocycles. The molecule has 1 N–H and O–H groups in total. The maximum atomic E-state index is 13.4. The highest BCUT2D eigenvalue weighted by atomic mass is 35.5. The zero-order valence-electron chi connectivity index (χ0n) is 17.7. The average Bonchev–Trinajstić information content (AvgIpc) is 2.92. The van der Waals surface area contributed by atoms with Crippen LogP contribution in [0.2, 0.25) is 5.02 Å². The third-order valence-corrected chi connectivity index (χ3v) is 8.10. The second-order valence-corrected chi connectivity index (χ2v) is 10.6. The summed E-state index contributed by atoms with van der Waals surface area (Å²) in [5.74, 6) is -0.367. The number of piperidine rings is 1. The van der Waals surface area contributed by atoms with Crippen molar-refractivity contribution in [1.82, 2.24) is 9.21 Å². The standard InChI is InChI=1S/C22H30ClN3O3S/c1-16(2)25-12-4-5-17(3)21(15-25)30(28,29)26-13-10-18(11-14-26)22(27)24-20-8-6-19(23)7-9-20/h4,6-9,12,15-18H,5,10-11,13-14H2,1-3H3,(H,24,27). The molecule has 8 heteroatoms. The first kappa shape index (κ1) is 22.8. The van der Waals surface area contributed by atoms with Crippen LogP contribution in [0, 0.1) is 11.8 Å². The fraction of sp³-hybridized carbons (Fsp3) is 0.500. The first-order chi connectivity index (χ1) is 14.2. The first-order valence-corrected chi connectivity index (χ1v) is 12.2. The Morgan fingerprint density at radius 3 is 2.40 bits per heavy atom. The minimum atomic E-state index is -3.57. The van der Waals surface area contributed by atoms with Gasteiger partial charge in [0.15, 0.2) is 0 Å². The normalized spacial score (nSPS) is 21.4. The van der Waals surface area contributed by atoms with Crippen molar-refractivity contribution in [3.8, 4) is 0 Å². The minimum absolute atomic E-state index is 0.0772. The predicted molar refractivity (Wildman–Crippen MR) is 121 cm³/mol. The quantitative estimate of drug-likeness (QED) is 0.719. The lowest BCUT2D eigenvalue weighted by atomic mass is 9.97. The second kappa shape index (κ2) is 9.54. The summed E-state index contributed by atoms with van der Waals surface area (Å²) in [7, 11) is -3.57. The molecular weight excluding hydrogens is 422 g/mol. The second-order valence-electron chi connectivity index (χ2n) is 8.27. The molecule has 0 bridgehead atoms. The van der Waals surface area contributed by atoms with E-state index >= 15 is 0 Å². The van der Waals surface area contributed by atoms with Crippen LogP contribution in [0.3, 0.4) is 0 Å². The Kier molecular flexibility index (Phi) is 7.26. The SMILES string of the molecule is CC1CC=CN(C(C)C)C=C1S(=O)(=O)N1CCC(C(=O)Nc2ccc(Cl)cc2)CC1. The van der Waals surface area contributed by atoms with Crippen molar-refractivity contribution in [2.75, 3.05) is 18.4 Å². The van der Waals surface area contributed by atoms with E-state index in [1.807, 2.05) is 37.9 Å². The van der Waals surface area contributed by atoms with Crippen LogP contribution < -0.4 is 5.32 Å². The third kappa shape index (κ3) is 5.25. The van der Waals surface area contributed by atoms with Gasteiger partial charge in [-0.2, -0.15) is 4.31 Å². The molecule has 1 aromatic rings. The molecular formula is C22H30ClN3O3S. The maximum Gasteiger partial charge on any atom is 0.240 e. The molecule has 1 fully saturated rings. The summed E-state index contributed by atoms with van der Waals surface area (Å²) in [5, 5.41) is 3.51. The number of sulfonamides is 1. The number of hydrogen-bond donors (Lipinski definition) is 1. The Balaban J connectivity index is 1.65. The molecule has 2 aliphatic rings. The highest BCUT2D eigenvalue weighted by Gasteiger charge is 2.35. The number of rotatable bonds is 5. The topological polar surface area (TPSA) is 69.7 Å². The van der Waals surface area contributed by atoms with E-state index in [1.165, 1.54) is 4.31 Å². The Bertz CT molecular complexity index is 917. The van der Waals surface area contributed by atoms with Crippen molar-refractivity contribution in [3.63, 3.8) is 0 Å². The molecule has 0 aromatic heterocycles. The van der Waals surface area contributed by atoms with Gasteiger partial charge in [-0.15, -0.1) is 0 Å². The Morgan fingerprint density at radius 1 is 1.17 bits per heavy atom. The van der Waals surface area contributed by atoms with E-state index in [2.05, 4.69) is 5.32 Å². The highest BCUT2D eigenvalue weighted by molar-refractivity contribution is 7.93. The van der Waals surface area contributed by atoms with Gasteiger partial charge in [-0.05, 0) is 69.5 Å². The molecule has 164 valence electrons. The van der Waals surface area contributed by atoms with Gasteiger partial charge >= 0.3 is 0 Å². The highest BCUT2D eigenvalue weighted by Crippen LogP contribution is 2.31. The van der Waals surface area contributed by atoms with Gasteiger partial charge in [0.25, 0.3) is 0 Å². The Labute approximate surface area is 184 Å². The van der Waals surface area contributed by atoms with Gasteiger partial charge in [0.2, 0.25) is 15.9 Å². The summed E-state index contributed by atoms with van der Waals surface area (Å²) in [6.45, 7) is 6.71. The third-order valence-electron chi connectivity index (χ3n) is 5.70. The first-order valence-electron chi connectivity index (χ1n) is 10.4. The number of allylic oxidation sites excluding steroid dienone is 2. The number of nitrogens with zero attached hydrogens (tertiary/aromatic N) is 2. The molecule has 1 atom stereocenters. The summed E-state index contributed by atoms with van der Waals surface area (Å²) in [6, 6.07) is 7.15. The minimum Gasteiger partial charge on any atom is -0.351 e. The Hall–Kier alpha value is -1.83. The molecule has 0 aliphatic carbocycles. The predicted octanol–water partition coefficient (Wildman–Crippen LogP) is 4.43. The van der Waals surface area contributed by atoms with Crippen LogP contribution in [0.25, 0.3) is 0 Å². The van der Waals surface area contributed by atoms with Crippen LogP contribution in [0.5, 0.6) is 0 Å². The van der Waals surface area contributed by atoms with E-state index in [0.29, 0.717) is 48.0 Å². The van der Waals surface area contributed by atoms with Gasteiger partial charge in [0.1, 0.15) is 0 Å². The van der Waals surface area contributed by atoms with Gasteiger partial charge in [-0.25, -0.2) is 8.42 Å². The zero-order valence-corrected chi connectivity index (χ0v) is 19.3. The molecule has 1 amide bonds. The fourth-order valence-corrected chi connectivity index (χ4v) is 5.72. The molecule has 2 heterocycles. The average molecular weight is 452 g/mol. The summed E-state index contributed by atoms with van der Waals surface area (Å²) in [6.07, 6.45) is 7.45. The van der Waals surface area contributed by atoms with E-state index in [-0.39, 0.29) is 23.8 Å². The molecule has 1 aromatic carbocycles. The van der Waals surface area contributed by atoms with E-state index < -0.39 is 10.0 Å². The summed E-state index contributed by atoms with van der Waals surface area (Å²) >= 11 is 5.88. The van der Waals surface area contributed by atoms with Gasteiger partial charge in [-0.1, -0.05) is 24.6 Å². The van der Waals surface area contributed by atoms with Crippen molar-refractivity contribution < 1.29 is 13.2 Å². The lowest BCUT2D eigenvalue weighted by molar-refractivity contribution is -0.120. The van der Waals surface area contributed by atoms with E-state index in [4.69, 9.17) is 11.6 Å². The lowest BCUT2D eigenvalue weighted by Crippen LogP contribution is -2.42. The summed E-state index contributed by atoms with van der Waals surface area (Å²) in [4.78, 5) is 15.0. The monoisotopic (exact) mass is 451 g/mol. The number of carbonyl (C=O) groups excluding carboxylic acids is 1. The van der Waals surface area contributed by atoms with Gasteiger partial charge < -0.3 is 10.2 Å². The summed E-state index contributed by atoms with van der Waals surface area (Å²) in [5.41, 5.74) is 0.693. The molecule has 0 radical (unpaired) electrons. The number of hydrogen-bond acceptors (Lipinski definition) is 4. The van der Waals surface area contributed by atoms with Crippen LogP contribution >= 0.6 is 11.6 Å². The molecule has 6 nitrogen and oxygen atoms in total. The van der Waals surface area contributed by atoms with Crippen LogP contribution in [0.15, 0.2) is 47.6 Å². The number of anilines is 1. The van der Waals surface area contributed by atoms with Gasteiger partial charge in [0.05, 0.1) is 4.91 Å². The Morgan fingerprint density at radius 2 is 1.80 bits per heavy atom. The molecule has 1 unspecified atom stereocenters. The molecule has 3 rings (SSSR count). The van der Waals surface area contributed by atoms with E-state index in [1.54, 1.807) is 30.5 Å².